The molecule has 0 aliphatic rings. The van der Waals surface area contributed by atoms with Crippen LogP contribution in [0.25, 0.3) is 0 Å². The van der Waals surface area contributed by atoms with Crippen LogP contribution in [0.5, 0.6) is 0 Å². The number of nitrogens with one attached hydrogen (secondary N) is 1. The summed E-state index contributed by atoms with van der Waals surface area (Å²) in [7, 11) is 0. The summed E-state index contributed by atoms with van der Waals surface area (Å²) in [6.07, 6.45) is 0. The van der Waals surface area contributed by atoms with Gasteiger partial charge in [0, 0.05) is 11.8 Å². The Kier molecular flexibility index (Phi) is 5.22. The molecular weight excluding hydrogens is 202 g/mol. The van der Waals surface area contributed by atoms with E-state index in [4.69, 9.17) is 0 Å². The summed E-state index contributed by atoms with van der Waals surface area (Å²) in [5.74, 6) is 1.02. The number of hydrogen-bond donors (Lipinski definition) is 3. The molecule has 0 aromatic rings. The molecule has 0 fully saturated rings. The molecule has 1 amide bonds. The van der Waals surface area contributed by atoms with Gasteiger partial charge in [-0.25, -0.2) is 0 Å². The average molecular weight is 221 g/mol. The lowest BCUT2D eigenvalue weighted by atomic mass is 10.1. The summed E-state index contributed by atoms with van der Waals surface area (Å²) in [6.45, 7) is 7.68. The van der Waals surface area contributed by atoms with Crippen molar-refractivity contribution in [2.75, 3.05) is 5.75 Å². The number of rotatable bonds is 4. The zero-order chi connectivity index (χ0) is 10.6. The lowest BCUT2D eigenvalue weighted by Crippen LogP contribution is -2.46. The van der Waals surface area contributed by atoms with Crippen LogP contribution in [0.4, 0.5) is 0 Å². The molecule has 78 valence electrons. The van der Waals surface area contributed by atoms with Crippen LogP contribution in [-0.4, -0.2) is 22.4 Å². The van der Waals surface area contributed by atoms with E-state index in [1.54, 1.807) is 13.8 Å². The second-order valence-corrected chi connectivity index (χ2v) is 5.55. The van der Waals surface area contributed by atoms with Crippen molar-refractivity contribution in [3.63, 3.8) is 0 Å². The molecule has 0 aromatic heterocycles. The molecule has 0 aliphatic heterocycles. The third-order valence-corrected chi connectivity index (χ3v) is 2.47. The normalized spacial score (nSPS) is 14.4. The van der Waals surface area contributed by atoms with Crippen LogP contribution in [0.15, 0.2) is 0 Å². The monoisotopic (exact) mass is 221 g/mol. The van der Waals surface area contributed by atoms with Gasteiger partial charge in [0.25, 0.3) is 0 Å². The van der Waals surface area contributed by atoms with Gasteiger partial charge in [0.2, 0.25) is 5.91 Å². The highest BCUT2D eigenvalue weighted by Crippen LogP contribution is 2.13. The molecule has 1 atom stereocenters. The predicted octanol–water partition coefficient (Wildman–Crippen LogP) is 1.77. The molecule has 0 bridgehead atoms. The summed E-state index contributed by atoms with van der Waals surface area (Å²) in [5.41, 5.74) is 0. The predicted molar refractivity (Wildman–Crippen MR) is 63.7 cm³/mol. The van der Waals surface area contributed by atoms with E-state index in [2.05, 4.69) is 44.4 Å². The van der Waals surface area contributed by atoms with Gasteiger partial charge in [0.1, 0.15) is 0 Å². The zero-order valence-electron chi connectivity index (χ0n) is 8.66. The summed E-state index contributed by atoms with van der Waals surface area (Å²) in [4.78, 5) is 11.5. The van der Waals surface area contributed by atoms with Crippen LogP contribution in [0.2, 0.25) is 0 Å². The largest absolute Gasteiger partial charge is 0.351 e. The fourth-order valence-electron chi connectivity index (χ4n) is 0.768. The topological polar surface area (TPSA) is 29.1 Å². The van der Waals surface area contributed by atoms with Crippen LogP contribution in [0, 0.1) is 5.92 Å². The van der Waals surface area contributed by atoms with Crippen molar-refractivity contribution in [3.05, 3.63) is 0 Å². The maximum absolute atomic E-state index is 11.5. The van der Waals surface area contributed by atoms with Gasteiger partial charge in [0.15, 0.2) is 0 Å². The fraction of sp³-hybridized carbons (Fsp3) is 0.889. The molecule has 13 heavy (non-hydrogen) atoms. The molecule has 0 spiro atoms. The van der Waals surface area contributed by atoms with Crippen LogP contribution < -0.4 is 5.32 Å². The minimum atomic E-state index is -0.615. The Labute approximate surface area is 91.7 Å². The Morgan fingerprint density at radius 1 is 1.46 bits per heavy atom. The molecule has 2 nitrogen and oxygen atoms in total. The molecule has 1 unspecified atom stereocenters. The van der Waals surface area contributed by atoms with E-state index in [9.17, 15) is 4.79 Å². The first-order chi connectivity index (χ1) is 5.79. The molecule has 0 aromatic carbocycles. The summed E-state index contributed by atoms with van der Waals surface area (Å²) in [5, 5.41) is 2.91. The quantitative estimate of drug-likeness (QED) is 0.621. The molecule has 0 rings (SSSR count). The van der Waals surface area contributed by atoms with Gasteiger partial charge in [0.05, 0.1) is 4.75 Å². The first-order valence-corrected chi connectivity index (χ1v) is 5.51. The third kappa shape index (κ3) is 4.81. The van der Waals surface area contributed by atoms with Crippen LogP contribution >= 0.6 is 25.3 Å². The number of thiol groups is 2. The first kappa shape index (κ1) is 13.2. The molecule has 0 radical (unpaired) electrons. The maximum atomic E-state index is 11.5. The van der Waals surface area contributed by atoms with Gasteiger partial charge in [-0.2, -0.15) is 25.3 Å². The number of amides is 1. The molecule has 0 saturated heterocycles. The smallest absolute Gasteiger partial charge is 0.235 e. The second-order valence-electron chi connectivity index (χ2n) is 4.07. The van der Waals surface area contributed by atoms with E-state index < -0.39 is 4.75 Å². The van der Waals surface area contributed by atoms with Gasteiger partial charge in [-0.3, -0.25) is 4.79 Å². The summed E-state index contributed by atoms with van der Waals surface area (Å²) < 4.78 is -0.615. The van der Waals surface area contributed by atoms with Crippen molar-refractivity contribution in [2.24, 2.45) is 5.92 Å². The lowest BCUT2D eigenvalue weighted by Gasteiger charge is -2.25. The zero-order valence-corrected chi connectivity index (χ0v) is 10.5. The Bertz CT molecular complexity index is 175. The Morgan fingerprint density at radius 2 is 1.92 bits per heavy atom. The number of hydrogen-bond acceptors (Lipinski definition) is 3. The van der Waals surface area contributed by atoms with Gasteiger partial charge in [-0.05, 0) is 19.8 Å². The number of carbonyl (C=O) groups is 1. The maximum Gasteiger partial charge on any atom is 0.235 e. The van der Waals surface area contributed by atoms with Crippen molar-refractivity contribution in [1.29, 1.82) is 0 Å². The average Bonchev–Trinajstić information content (AvgIpc) is 1.96. The van der Waals surface area contributed by atoms with E-state index in [1.165, 1.54) is 0 Å². The van der Waals surface area contributed by atoms with Gasteiger partial charge in [-0.1, -0.05) is 13.8 Å². The molecule has 4 heteroatoms. The first-order valence-electron chi connectivity index (χ1n) is 4.43. The van der Waals surface area contributed by atoms with Crippen molar-refractivity contribution in [3.8, 4) is 0 Å². The minimum Gasteiger partial charge on any atom is -0.351 e. The highest BCUT2D eigenvalue weighted by Gasteiger charge is 2.25. The Hall–Kier alpha value is 0.170. The molecular formula is C9H19NOS2. The molecule has 0 heterocycles. The molecule has 0 aliphatic carbocycles. The van der Waals surface area contributed by atoms with E-state index in [0.29, 0.717) is 11.7 Å². The lowest BCUT2D eigenvalue weighted by molar-refractivity contribution is -0.123. The highest BCUT2D eigenvalue weighted by atomic mass is 32.1. The molecule has 0 saturated carbocycles. The van der Waals surface area contributed by atoms with Crippen LogP contribution in [-0.2, 0) is 4.79 Å². The van der Waals surface area contributed by atoms with E-state index >= 15 is 0 Å². The second kappa shape index (κ2) is 5.15. The third-order valence-electron chi connectivity index (χ3n) is 1.87. The summed E-state index contributed by atoms with van der Waals surface area (Å²) >= 11 is 8.38. The van der Waals surface area contributed by atoms with Crippen LogP contribution in [0.3, 0.4) is 0 Å². The molecule has 1 N–H and O–H groups in total. The van der Waals surface area contributed by atoms with Crippen LogP contribution in [0.1, 0.15) is 27.7 Å². The van der Waals surface area contributed by atoms with Crippen molar-refractivity contribution in [2.45, 2.75) is 38.5 Å². The van der Waals surface area contributed by atoms with Gasteiger partial charge < -0.3 is 5.32 Å². The SMILES string of the molecule is CC(C)C(CS)NC(=O)C(C)(C)S. The Balaban J connectivity index is 4.18. The van der Waals surface area contributed by atoms with Crippen molar-refractivity contribution < 1.29 is 4.79 Å². The van der Waals surface area contributed by atoms with Crippen molar-refractivity contribution in [1.82, 2.24) is 5.32 Å². The minimum absolute atomic E-state index is 0.0383. The van der Waals surface area contributed by atoms with Gasteiger partial charge >= 0.3 is 0 Å². The Morgan fingerprint density at radius 3 is 2.15 bits per heavy atom. The summed E-state index contributed by atoms with van der Waals surface area (Å²) in [6, 6.07) is 0.127. The standard InChI is InChI=1S/C9H19NOS2/c1-6(2)7(5-12)10-8(11)9(3,4)13/h6-7,12-13H,5H2,1-4H3,(H,10,11). The van der Waals surface area contributed by atoms with E-state index in [0.717, 1.165) is 0 Å². The van der Waals surface area contributed by atoms with Gasteiger partial charge in [-0.15, -0.1) is 0 Å². The van der Waals surface area contributed by atoms with Crippen molar-refractivity contribution >= 4 is 31.2 Å². The fourth-order valence-corrected chi connectivity index (χ4v) is 1.35. The van der Waals surface area contributed by atoms with E-state index in [-0.39, 0.29) is 11.9 Å². The number of carbonyl (C=O) groups excluding carboxylic acids is 1. The van der Waals surface area contributed by atoms with E-state index in [1.807, 2.05) is 0 Å². The highest BCUT2D eigenvalue weighted by molar-refractivity contribution is 7.82.